The molecule has 1 unspecified atom stereocenters. The van der Waals surface area contributed by atoms with Crippen molar-refractivity contribution in [3.63, 3.8) is 0 Å². The molecule has 3 rings (SSSR count). The number of hydrogen-bond donors (Lipinski definition) is 2. The molecule has 1 atom stereocenters. The highest BCUT2D eigenvalue weighted by atomic mass is 16.1. The van der Waals surface area contributed by atoms with Crippen molar-refractivity contribution in [2.24, 2.45) is 0 Å². The smallest absolute Gasteiger partial charge is 0.271 e. The Kier molecular flexibility index (Phi) is 3.81. The predicted octanol–water partition coefficient (Wildman–Crippen LogP) is 2.54. The third-order valence-corrected chi connectivity index (χ3v) is 3.46. The largest absolute Gasteiger partial charge is 0.366 e. The summed E-state index contributed by atoms with van der Waals surface area (Å²) in [6, 6.07) is 10.3. The van der Waals surface area contributed by atoms with Gasteiger partial charge in [-0.05, 0) is 25.3 Å². The van der Waals surface area contributed by atoms with Gasteiger partial charge in [0.15, 0.2) is 0 Å². The number of hydrogen-bond acceptors (Lipinski definition) is 4. The second-order valence-electron chi connectivity index (χ2n) is 5.31. The van der Waals surface area contributed by atoms with Crippen LogP contribution >= 0.6 is 0 Å². The molecule has 21 heavy (non-hydrogen) atoms. The Morgan fingerprint density at radius 3 is 2.57 bits per heavy atom. The van der Waals surface area contributed by atoms with Gasteiger partial charge in [0.1, 0.15) is 11.5 Å². The SMILES string of the molecule is CC(NC(=O)c1cnc(NC2CC2)cn1)c1ccccc1. The summed E-state index contributed by atoms with van der Waals surface area (Å²) in [5.41, 5.74) is 1.39. The van der Waals surface area contributed by atoms with Gasteiger partial charge in [-0.25, -0.2) is 9.97 Å². The van der Waals surface area contributed by atoms with Crippen molar-refractivity contribution in [3.05, 3.63) is 54.0 Å². The topological polar surface area (TPSA) is 66.9 Å². The van der Waals surface area contributed by atoms with Gasteiger partial charge < -0.3 is 10.6 Å². The van der Waals surface area contributed by atoms with E-state index in [4.69, 9.17) is 0 Å². The van der Waals surface area contributed by atoms with Crippen molar-refractivity contribution in [2.45, 2.75) is 31.8 Å². The lowest BCUT2D eigenvalue weighted by atomic mass is 10.1. The number of carbonyl (C=O) groups excluding carboxylic acids is 1. The Morgan fingerprint density at radius 1 is 1.19 bits per heavy atom. The first-order valence-corrected chi connectivity index (χ1v) is 7.17. The summed E-state index contributed by atoms with van der Waals surface area (Å²) < 4.78 is 0. The maximum atomic E-state index is 12.1. The Bertz CT molecular complexity index is 608. The molecule has 1 amide bonds. The van der Waals surface area contributed by atoms with Crippen LogP contribution in [0.3, 0.4) is 0 Å². The second kappa shape index (κ2) is 5.91. The van der Waals surface area contributed by atoms with Gasteiger partial charge in [-0.3, -0.25) is 4.79 Å². The van der Waals surface area contributed by atoms with Crippen LogP contribution in [0.5, 0.6) is 0 Å². The fourth-order valence-corrected chi connectivity index (χ4v) is 2.05. The molecule has 1 aliphatic rings. The Morgan fingerprint density at radius 2 is 1.95 bits per heavy atom. The number of nitrogens with one attached hydrogen (secondary N) is 2. The van der Waals surface area contributed by atoms with Gasteiger partial charge in [0, 0.05) is 6.04 Å². The first kappa shape index (κ1) is 13.5. The molecule has 5 nitrogen and oxygen atoms in total. The van der Waals surface area contributed by atoms with Crippen LogP contribution < -0.4 is 10.6 Å². The maximum Gasteiger partial charge on any atom is 0.271 e. The van der Waals surface area contributed by atoms with E-state index in [9.17, 15) is 4.79 Å². The van der Waals surface area contributed by atoms with Gasteiger partial charge in [0.05, 0.1) is 18.4 Å². The van der Waals surface area contributed by atoms with Crippen molar-refractivity contribution in [2.75, 3.05) is 5.32 Å². The van der Waals surface area contributed by atoms with E-state index in [-0.39, 0.29) is 11.9 Å². The summed E-state index contributed by atoms with van der Waals surface area (Å²) in [5.74, 6) is 0.516. The average molecular weight is 282 g/mol. The number of anilines is 1. The summed E-state index contributed by atoms with van der Waals surface area (Å²) in [4.78, 5) is 20.5. The molecule has 1 aromatic carbocycles. The molecule has 2 N–H and O–H groups in total. The highest BCUT2D eigenvalue weighted by molar-refractivity contribution is 5.92. The van der Waals surface area contributed by atoms with Crippen LogP contribution in [-0.4, -0.2) is 21.9 Å². The summed E-state index contributed by atoms with van der Waals surface area (Å²) in [5, 5.41) is 6.17. The van der Waals surface area contributed by atoms with Gasteiger partial charge >= 0.3 is 0 Å². The number of carbonyl (C=O) groups is 1. The van der Waals surface area contributed by atoms with Crippen LogP contribution in [0.4, 0.5) is 5.82 Å². The monoisotopic (exact) mass is 282 g/mol. The van der Waals surface area contributed by atoms with Crippen LogP contribution in [-0.2, 0) is 0 Å². The highest BCUT2D eigenvalue weighted by Crippen LogP contribution is 2.23. The van der Waals surface area contributed by atoms with Gasteiger partial charge in [-0.1, -0.05) is 30.3 Å². The molecule has 0 aliphatic heterocycles. The van der Waals surface area contributed by atoms with Gasteiger partial charge in [0.2, 0.25) is 0 Å². The van der Waals surface area contributed by atoms with E-state index in [0.717, 1.165) is 11.4 Å². The third kappa shape index (κ3) is 3.56. The van der Waals surface area contributed by atoms with E-state index in [2.05, 4.69) is 20.6 Å². The molecule has 108 valence electrons. The van der Waals surface area contributed by atoms with Gasteiger partial charge in [0.25, 0.3) is 5.91 Å². The predicted molar refractivity (Wildman–Crippen MR) is 81.0 cm³/mol. The lowest BCUT2D eigenvalue weighted by molar-refractivity contribution is 0.0934. The molecule has 1 heterocycles. The minimum Gasteiger partial charge on any atom is -0.366 e. The van der Waals surface area contributed by atoms with Gasteiger partial charge in [-0.15, -0.1) is 0 Å². The summed E-state index contributed by atoms with van der Waals surface area (Å²) in [7, 11) is 0. The van der Waals surface area contributed by atoms with Crippen molar-refractivity contribution in [1.29, 1.82) is 0 Å². The minimum atomic E-state index is -0.211. The van der Waals surface area contributed by atoms with Crippen molar-refractivity contribution in [3.8, 4) is 0 Å². The van der Waals surface area contributed by atoms with Crippen molar-refractivity contribution in [1.82, 2.24) is 15.3 Å². The number of amides is 1. The lowest BCUT2D eigenvalue weighted by Gasteiger charge is -2.13. The highest BCUT2D eigenvalue weighted by Gasteiger charge is 2.21. The van der Waals surface area contributed by atoms with Gasteiger partial charge in [-0.2, -0.15) is 0 Å². The van der Waals surface area contributed by atoms with E-state index in [1.807, 2.05) is 37.3 Å². The minimum absolute atomic E-state index is 0.0650. The molecule has 1 saturated carbocycles. The third-order valence-electron chi connectivity index (χ3n) is 3.46. The molecule has 0 radical (unpaired) electrons. The van der Waals surface area contributed by atoms with E-state index < -0.39 is 0 Å². The van der Waals surface area contributed by atoms with Crippen molar-refractivity contribution >= 4 is 11.7 Å². The van der Waals surface area contributed by atoms with Crippen LogP contribution in [0.1, 0.15) is 41.9 Å². The Balaban J connectivity index is 1.61. The molecule has 0 saturated heterocycles. The van der Waals surface area contributed by atoms with Crippen LogP contribution in [0.2, 0.25) is 0 Å². The molecule has 1 fully saturated rings. The fourth-order valence-electron chi connectivity index (χ4n) is 2.05. The number of aromatic nitrogens is 2. The zero-order chi connectivity index (χ0) is 14.7. The standard InChI is InChI=1S/C16H18N4O/c1-11(12-5-3-2-4-6-12)19-16(21)14-9-18-15(10-17-14)20-13-7-8-13/h2-6,9-11,13H,7-8H2,1H3,(H,18,20)(H,19,21). The molecular weight excluding hydrogens is 264 g/mol. The molecular formula is C16H18N4O. The summed E-state index contributed by atoms with van der Waals surface area (Å²) in [6.45, 7) is 1.95. The Hall–Kier alpha value is -2.43. The first-order valence-electron chi connectivity index (χ1n) is 7.17. The van der Waals surface area contributed by atoms with E-state index in [1.165, 1.54) is 19.0 Å². The normalized spacial score (nSPS) is 15.3. The molecule has 2 aromatic rings. The molecule has 1 aliphatic carbocycles. The maximum absolute atomic E-state index is 12.1. The number of benzene rings is 1. The molecule has 0 bridgehead atoms. The van der Waals surface area contributed by atoms with Crippen LogP contribution in [0, 0.1) is 0 Å². The zero-order valence-electron chi connectivity index (χ0n) is 11.9. The van der Waals surface area contributed by atoms with E-state index in [0.29, 0.717) is 11.7 Å². The van der Waals surface area contributed by atoms with E-state index in [1.54, 1.807) is 6.20 Å². The zero-order valence-corrected chi connectivity index (χ0v) is 11.9. The lowest BCUT2D eigenvalue weighted by Crippen LogP contribution is -2.27. The van der Waals surface area contributed by atoms with Crippen LogP contribution in [0.25, 0.3) is 0 Å². The average Bonchev–Trinajstić information content (AvgIpc) is 3.33. The molecule has 5 heteroatoms. The Labute approximate surface area is 123 Å². The van der Waals surface area contributed by atoms with E-state index >= 15 is 0 Å². The molecule has 1 aromatic heterocycles. The summed E-state index contributed by atoms with van der Waals surface area (Å²) in [6.07, 6.45) is 5.48. The first-order chi connectivity index (χ1) is 10.2. The summed E-state index contributed by atoms with van der Waals surface area (Å²) >= 11 is 0. The molecule has 0 spiro atoms. The van der Waals surface area contributed by atoms with Crippen LogP contribution in [0.15, 0.2) is 42.7 Å². The second-order valence-corrected chi connectivity index (χ2v) is 5.31. The quantitative estimate of drug-likeness (QED) is 0.884. The van der Waals surface area contributed by atoms with Crippen molar-refractivity contribution < 1.29 is 4.79 Å². The number of nitrogens with zero attached hydrogens (tertiary/aromatic N) is 2. The number of rotatable bonds is 5. The fraction of sp³-hybridized carbons (Fsp3) is 0.312.